The van der Waals surface area contributed by atoms with Crippen molar-refractivity contribution >= 4 is 37.5 Å². The number of carbonyl (C=O) groups excluding carboxylic acids is 2. The molecule has 0 aliphatic carbocycles. The number of aliphatic hydroxyl groups excluding tert-OH is 1. The van der Waals surface area contributed by atoms with E-state index in [4.69, 9.17) is 39.2 Å². The summed E-state index contributed by atoms with van der Waals surface area (Å²) < 4.78 is 37.8. The van der Waals surface area contributed by atoms with Gasteiger partial charge < -0.3 is 14.6 Å². The number of hydrogen-bond donors (Lipinski definition) is 1. The molecule has 3 heterocycles. The van der Waals surface area contributed by atoms with Crippen LogP contribution >= 0.6 is 19.8 Å². The zero-order valence-electron chi connectivity index (χ0n) is 30.6. The van der Waals surface area contributed by atoms with Crippen LogP contribution in [0.5, 0.6) is 17.2 Å². The van der Waals surface area contributed by atoms with Gasteiger partial charge in [-0.25, -0.2) is 18.4 Å². The number of amides is 2. The Kier molecular flexibility index (Phi) is 10.8. The van der Waals surface area contributed by atoms with Crippen LogP contribution in [0.4, 0.5) is 10.5 Å². The topological polar surface area (TPSA) is 159 Å². The maximum absolute atomic E-state index is 14.5. The van der Waals surface area contributed by atoms with Crippen LogP contribution in [0.1, 0.15) is 30.0 Å². The fourth-order valence-electron chi connectivity index (χ4n) is 7.11. The highest BCUT2D eigenvalue weighted by molar-refractivity contribution is 7.57. The Morgan fingerprint density at radius 1 is 0.810 bits per heavy atom. The quantitative estimate of drug-likeness (QED) is 0.0284. The van der Waals surface area contributed by atoms with Crippen LogP contribution in [0.15, 0.2) is 157 Å². The van der Waals surface area contributed by atoms with Crippen LogP contribution in [-0.2, 0) is 25.4 Å². The molecule has 5 aromatic carbocycles. The fraction of sp³-hybridized carbons (Fsp3) is 0.190. The molecule has 3 saturated heterocycles. The number of hydrogen-bond acceptors (Lipinski definition) is 11. The molecule has 14 nitrogen and oxygen atoms in total. The molecule has 3 aliphatic heterocycles. The number of carbonyl (C=O) groups is 2. The number of piperidine rings is 1. The highest BCUT2D eigenvalue weighted by Gasteiger charge is 2.69. The van der Waals surface area contributed by atoms with Crippen molar-refractivity contribution in [3.05, 3.63) is 178 Å². The van der Waals surface area contributed by atoms with E-state index in [9.17, 15) is 24.8 Å². The van der Waals surface area contributed by atoms with Crippen molar-refractivity contribution in [2.45, 2.75) is 42.6 Å². The number of non-ortho nitro benzene ring substituents is 1. The van der Waals surface area contributed by atoms with Gasteiger partial charge in [-0.2, -0.15) is 0 Å². The van der Waals surface area contributed by atoms with Gasteiger partial charge in [0, 0.05) is 18.6 Å². The molecule has 0 spiro atoms. The Bertz CT molecular complexity index is 2190. The fourth-order valence-corrected chi connectivity index (χ4v) is 9.54. The summed E-state index contributed by atoms with van der Waals surface area (Å²) in [4.78, 5) is 41.3. The summed E-state index contributed by atoms with van der Waals surface area (Å²) in [6.07, 6.45) is -0.523. The minimum absolute atomic E-state index is 0.0473. The molecule has 1 N–H and O–H groups in total. The lowest BCUT2D eigenvalue weighted by molar-refractivity contribution is -0.384. The number of alkyl halides is 1. The largest absolute Gasteiger partial charge is 0.719 e. The molecule has 2 unspecified atom stereocenters. The van der Waals surface area contributed by atoms with Crippen molar-refractivity contribution in [2.24, 2.45) is 0 Å². The number of nitro groups is 1. The van der Waals surface area contributed by atoms with Gasteiger partial charge in [-0.1, -0.05) is 96.5 Å². The molecular formula is C42H36ClN3O11P+. The second-order valence-corrected chi connectivity index (χ2v) is 15.8. The van der Waals surface area contributed by atoms with Crippen LogP contribution in [-0.4, -0.2) is 55.6 Å². The van der Waals surface area contributed by atoms with Crippen LogP contribution in [0, 0.1) is 10.1 Å². The van der Waals surface area contributed by atoms with Crippen molar-refractivity contribution in [2.75, 3.05) is 6.61 Å². The first kappa shape index (κ1) is 38.5. The van der Waals surface area contributed by atoms with E-state index in [1.807, 2.05) is 30.3 Å². The minimum Gasteiger partial charge on any atom is -0.480 e. The summed E-state index contributed by atoms with van der Waals surface area (Å²) in [5.74, 6) is -0.425. The smallest absolute Gasteiger partial charge is 0.480 e. The molecule has 5 aromatic rings. The van der Waals surface area contributed by atoms with Gasteiger partial charge >= 0.3 is 20.2 Å². The van der Waals surface area contributed by atoms with Crippen molar-refractivity contribution in [1.29, 1.82) is 0 Å². The maximum Gasteiger partial charge on any atom is 0.719 e. The number of β-lactam (4-membered cyclic amide) rings is 1. The average Bonchev–Trinajstić information content (AvgIpc) is 3.61. The van der Waals surface area contributed by atoms with Gasteiger partial charge in [-0.15, -0.1) is 4.52 Å². The Hall–Kier alpha value is -6.34. The Balaban J connectivity index is 1.20. The van der Waals surface area contributed by atoms with Crippen molar-refractivity contribution in [1.82, 2.24) is 9.80 Å². The molecule has 0 aromatic heterocycles. The lowest BCUT2D eigenvalue weighted by Crippen LogP contribution is -2.74. The van der Waals surface area contributed by atoms with Gasteiger partial charge in [0.2, 0.25) is 5.06 Å². The Morgan fingerprint density at radius 3 is 1.84 bits per heavy atom. The summed E-state index contributed by atoms with van der Waals surface area (Å²) in [5.41, 5.74) is 0.862. The third-order valence-corrected chi connectivity index (χ3v) is 12.2. The number of rotatable bonds is 14. The first-order chi connectivity index (χ1) is 28.1. The number of cyclic esters (lactones) is 1. The summed E-state index contributed by atoms with van der Waals surface area (Å²) in [6.45, 7) is -0.224. The van der Waals surface area contributed by atoms with Crippen LogP contribution in [0.2, 0.25) is 0 Å². The Labute approximate surface area is 338 Å². The number of benzene rings is 5. The van der Waals surface area contributed by atoms with Crippen LogP contribution < -0.4 is 13.6 Å². The molecule has 58 heavy (non-hydrogen) atoms. The highest BCUT2D eigenvalue weighted by Crippen LogP contribution is 2.67. The molecule has 2 amide bonds. The van der Waals surface area contributed by atoms with Gasteiger partial charge in [-0.05, 0) is 66.1 Å². The molecule has 0 radical (unpaired) electrons. The lowest BCUT2D eigenvalue weighted by Gasteiger charge is -2.55. The minimum atomic E-state index is -4.22. The number of fused-ring (bicyclic) bond motifs is 1. The molecule has 0 saturated carbocycles. The lowest BCUT2D eigenvalue weighted by atomic mass is 9.81. The zero-order chi connectivity index (χ0) is 40.3. The molecule has 3 aliphatic rings. The number of nitro benzene ring substituents is 1. The third kappa shape index (κ3) is 7.82. The van der Waals surface area contributed by atoms with Gasteiger partial charge in [0.05, 0.1) is 17.0 Å². The number of aliphatic hydroxyl groups is 1. The van der Waals surface area contributed by atoms with E-state index in [0.717, 1.165) is 5.56 Å². The summed E-state index contributed by atoms with van der Waals surface area (Å²) in [7, 11) is -4.22. The molecule has 16 heteroatoms. The second-order valence-electron chi connectivity index (χ2n) is 13.5. The number of nitrogens with zero attached hydrogens (tertiary/aromatic N) is 3. The van der Waals surface area contributed by atoms with E-state index in [1.165, 1.54) is 34.1 Å². The Morgan fingerprint density at radius 2 is 1.33 bits per heavy atom. The van der Waals surface area contributed by atoms with Gasteiger partial charge in [0.1, 0.15) is 19.3 Å². The number of para-hydroxylation sites is 3. The molecular weight excluding hydrogens is 789 g/mol. The van der Waals surface area contributed by atoms with Crippen molar-refractivity contribution < 1.29 is 47.2 Å². The standard InChI is InChI=1S/C42H35ClN3O11P/c43-42(57-58(54-32-15-7-2-8-16-32,55-33-17-9-3-10-18-33)56-34-19-11-4-12-20-34)26-25-35-37(44-36(28-53-41(44)49)30-13-5-1-6-14-30)39(47)45(35)38(42)40(48)52-27-29-21-23-31(24-22-29)46(50)51/h1-24,35-37H,25-28H2/p+1/b40-38-/t35-,36?,37+,42?/m1/s1. The second kappa shape index (κ2) is 16.3. The van der Waals surface area contributed by atoms with E-state index >= 15 is 0 Å². The van der Waals surface area contributed by atoms with Crippen LogP contribution in [0.25, 0.3) is 0 Å². The molecule has 296 valence electrons. The van der Waals surface area contributed by atoms with Gasteiger partial charge in [0.15, 0.2) is 22.9 Å². The van der Waals surface area contributed by atoms with Crippen molar-refractivity contribution in [3.63, 3.8) is 0 Å². The number of halogens is 1. The summed E-state index contributed by atoms with van der Waals surface area (Å²) in [5, 5.41) is 21.1. The summed E-state index contributed by atoms with van der Waals surface area (Å²) >= 11 is 7.57. The highest BCUT2D eigenvalue weighted by atomic mass is 35.5. The van der Waals surface area contributed by atoms with Gasteiger partial charge in [0.25, 0.3) is 11.6 Å². The first-order valence-corrected chi connectivity index (χ1v) is 20.1. The average molecular weight is 825 g/mol. The molecule has 3 fully saturated rings. The predicted octanol–water partition coefficient (Wildman–Crippen LogP) is 9.27. The van der Waals surface area contributed by atoms with Crippen LogP contribution in [0.3, 0.4) is 0 Å². The maximum atomic E-state index is 14.5. The normalized spacial score (nSPS) is 22.3. The number of ether oxygens (including phenoxy) is 2. The van der Waals surface area contributed by atoms with E-state index in [1.54, 1.807) is 91.0 Å². The van der Waals surface area contributed by atoms with E-state index in [-0.39, 0.29) is 37.4 Å². The monoisotopic (exact) mass is 824 g/mol. The molecule has 0 bridgehead atoms. The first-order valence-electron chi connectivity index (χ1n) is 18.3. The van der Waals surface area contributed by atoms with E-state index in [0.29, 0.717) is 22.8 Å². The zero-order valence-corrected chi connectivity index (χ0v) is 32.3. The van der Waals surface area contributed by atoms with Gasteiger partial charge in [-0.3, -0.25) is 24.7 Å². The molecule has 8 rings (SSSR count). The van der Waals surface area contributed by atoms with E-state index in [2.05, 4.69) is 0 Å². The molecule has 4 atom stereocenters. The SMILES string of the molecule is O=C1[C@@H](N2C(=O)OCC2c2ccccc2)[C@H]2CCC(Cl)(O[P+](Oc3ccccc3)(Oc3ccccc3)Oc3ccccc3)/C(=C(\O)OCc3ccc([N+](=O)[O-])cc3)N12. The third-order valence-electron chi connectivity index (χ3n) is 9.80. The van der Waals surface area contributed by atoms with Crippen molar-refractivity contribution in [3.8, 4) is 17.2 Å². The summed E-state index contributed by atoms with van der Waals surface area (Å²) in [6, 6.07) is 38.7. The van der Waals surface area contributed by atoms with E-state index < -0.39 is 54.2 Å². The predicted molar refractivity (Wildman–Crippen MR) is 211 cm³/mol.